The van der Waals surface area contributed by atoms with Gasteiger partial charge in [0, 0.05) is 58.9 Å². The minimum Gasteiger partial charge on any atom is -0.469 e. The fourth-order valence-corrected chi connectivity index (χ4v) is 3.54. The summed E-state index contributed by atoms with van der Waals surface area (Å²) in [5, 5.41) is 3.42. The van der Waals surface area contributed by atoms with E-state index in [-0.39, 0.29) is 12.5 Å². The van der Waals surface area contributed by atoms with Crippen LogP contribution in [0, 0.1) is 13.8 Å². The van der Waals surface area contributed by atoms with Crippen LogP contribution in [0.3, 0.4) is 0 Å². The van der Waals surface area contributed by atoms with Gasteiger partial charge in [0.05, 0.1) is 6.26 Å². The normalized spacial score (nSPS) is 14.7. The molecular weight excluding hydrogens is 378 g/mol. The number of likely N-dealkylation sites (N-methyl/N-ethyl adjacent to an activating group) is 1. The molecule has 1 aliphatic rings. The van der Waals surface area contributed by atoms with E-state index in [4.69, 9.17) is 4.42 Å². The lowest BCUT2D eigenvalue weighted by Gasteiger charge is -2.38. The highest BCUT2D eigenvalue weighted by Gasteiger charge is 2.21. The standard InChI is InChI=1S/C23H33N5O2/c1-18-7-5-9-21(19(18)2)27-12-14-28(15-13-27)23(25-17-22(29)26(3)4)24-11-10-20-8-6-16-30-20/h5-9,16H,10-15,17H2,1-4H3,(H,24,25). The summed E-state index contributed by atoms with van der Waals surface area (Å²) in [4.78, 5) is 22.9. The molecule has 1 aliphatic heterocycles. The number of hydrogen-bond donors (Lipinski definition) is 1. The van der Waals surface area contributed by atoms with Gasteiger partial charge in [-0.2, -0.15) is 0 Å². The topological polar surface area (TPSA) is 64.3 Å². The fraction of sp³-hybridized carbons (Fsp3) is 0.478. The number of piperazine rings is 1. The molecule has 0 atom stereocenters. The van der Waals surface area contributed by atoms with Crippen LogP contribution in [0.2, 0.25) is 0 Å². The monoisotopic (exact) mass is 411 g/mol. The van der Waals surface area contributed by atoms with Crippen molar-refractivity contribution in [3.05, 3.63) is 53.5 Å². The van der Waals surface area contributed by atoms with Crippen molar-refractivity contribution >= 4 is 17.6 Å². The van der Waals surface area contributed by atoms with E-state index in [9.17, 15) is 4.79 Å². The van der Waals surface area contributed by atoms with Gasteiger partial charge in [-0.3, -0.25) is 4.79 Å². The highest BCUT2D eigenvalue weighted by molar-refractivity contribution is 5.85. The number of hydrogen-bond acceptors (Lipinski definition) is 4. The van der Waals surface area contributed by atoms with Crippen LogP contribution in [0.25, 0.3) is 0 Å². The van der Waals surface area contributed by atoms with Gasteiger partial charge < -0.3 is 24.4 Å². The van der Waals surface area contributed by atoms with Crippen LogP contribution in [0.1, 0.15) is 16.9 Å². The zero-order valence-corrected chi connectivity index (χ0v) is 18.5. The van der Waals surface area contributed by atoms with Crippen LogP contribution in [-0.4, -0.2) is 75.0 Å². The second kappa shape index (κ2) is 10.2. The number of rotatable bonds is 6. The van der Waals surface area contributed by atoms with E-state index in [0.717, 1.165) is 44.3 Å². The Morgan fingerprint density at radius 2 is 1.90 bits per heavy atom. The third kappa shape index (κ3) is 5.55. The molecule has 0 spiro atoms. The van der Waals surface area contributed by atoms with Crippen molar-refractivity contribution in [2.45, 2.75) is 20.3 Å². The van der Waals surface area contributed by atoms with E-state index in [1.165, 1.54) is 16.8 Å². The molecule has 7 heteroatoms. The van der Waals surface area contributed by atoms with Gasteiger partial charge in [-0.1, -0.05) is 12.1 Å². The predicted octanol–water partition coefficient (Wildman–Crippen LogP) is 2.29. The van der Waals surface area contributed by atoms with E-state index in [2.05, 4.69) is 52.2 Å². The Labute approximate surface area is 179 Å². The van der Waals surface area contributed by atoms with Gasteiger partial charge in [-0.05, 0) is 43.2 Å². The first-order valence-corrected chi connectivity index (χ1v) is 10.5. The molecule has 2 aromatic rings. The molecule has 1 amide bonds. The summed E-state index contributed by atoms with van der Waals surface area (Å²) in [7, 11) is 3.51. The second-order valence-corrected chi connectivity index (χ2v) is 7.88. The van der Waals surface area contributed by atoms with Crippen LogP contribution in [0.4, 0.5) is 5.69 Å². The molecule has 1 aromatic carbocycles. The number of aryl methyl sites for hydroxylation is 1. The quantitative estimate of drug-likeness (QED) is 0.584. The lowest BCUT2D eigenvalue weighted by Crippen LogP contribution is -2.53. The number of nitrogens with one attached hydrogen (secondary N) is 1. The van der Waals surface area contributed by atoms with Crippen LogP contribution < -0.4 is 10.2 Å². The van der Waals surface area contributed by atoms with Gasteiger partial charge in [-0.15, -0.1) is 0 Å². The number of nitrogens with zero attached hydrogens (tertiary/aromatic N) is 4. The number of carbonyl (C=O) groups excluding carboxylic acids is 1. The van der Waals surface area contributed by atoms with Crippen molar-refractivity contribution < 1.29 is 9.21 Å². The molecule has 0 bridgehead atoms. The lowest BCUT2D eigenvalue weighted by molar-refractivity contribution is -0.127. The summed E-state index contributed by atoms with van der Waals surface area (Å²) in [6, 6.07) is 10.3. The first kappa shape index (κ1) is 21.7. The average Bonchev–Trinajstić information content (AvgIpc) is 3.26. The highest BCUT2D eigenvalue weighted by atomic mass is 16.3. The van der Waals surface area contributed by atoms with Crippen molar-refractivity contribution in [2.75, 3.05) is 58.3 Å². The molecule has 30 heavy (non-hydrogen) atoms. The van der Waals surface area contributed by atoms with E-state index >= 15 is 0 Å². The van der Waals surface area contributed by atoms with E-state index in [1.54, 1.807) is 25.3 Å². The largest absolute Gasteiger partial charge is 0.469 e. The zero-order chi connectivity index (χ0) is 21.5. The third-order valence-corrected chi connectivity index (χ3v) is 5.59. The zero-order valence-electron chi connectivity index (χ0n) is 18.5. The lowest BCUT2D eigenvalue weighted by atomic mass is 10.1. The summed E-state index contributed by atoms with van der Waals surface area (Å²) in [6.45, 7) is 8.76. The molecule has 162 valence electrons. The highest BCUT2D eigenvalue weighted by Crippen LogP contribution is 2.23. The molecule has 1 fully saturated rings. The number of anilines is 1. The smallest absolute Gasteiger partial charge is 0.243 e. The van der Waals surface area contributed by atoms with Crippen molar-refractivity contribution in [3.8, 4) is 0 Å². The van der Waals surface area contributed by atoms with Crippen molar-refractivity contribution in [3.63, 3.8) is 0 Å². The average molecular weight is 412 g/mol. The number of guanidine groups is 1. The number of benzene rings is 1. The number of aliphatic imine (C=N–C) groups is 1. The fourth-order valence-electron chi connectivity index (χ4n) is 3.54. The van der Waals surface area contributed by atoms with Crippen LogP contribution in [0.15, 0.2) is 46.0 Å². The summed E-state index contributed by atoms with van der Waals surface area (Å²) in [6.07, 6.45) is 2.46. The SMILES string of the molecule is Cc1cccc(N2CCN(C(=NCC(=O)N(C)C)NCCc3ccco3)CC2)c1C. The van der Waals surface area contributed by atoms with E-state index in [1.807, 2.05) is 12.1 Å². The van der Waals surface area contributed by atoms with Gasteiger partial charge in [0.2, 0.25) is 5.91 Å². The minimum atomic E-state index is -0.00523. The molecule has 7 nitrogen and oxygen atoms in total. The second-order valence-electron chi connectivity index (χ2n) is 7.88. The maximum atomic E-state index is 12.0. The molecule has 2 heterocycles. The van der Waals surface area contributed by atoms with Gasteiger partial charge in [0.1, 0.15) is 12.3 Å². The number of furan rings is 1. The first-order valence-electron chi connectivity index (χ1n) is 10.5. The Kier molecular flexibility index (Phi) is 7.38. The Bertz CT molecular complexity index is 852. The first-order chi connectivity index (χ1) is 14.5. The Morgan fingerprint density at radius 3 is 2.57 bits per heavy atom. The summed E-state index contributed by atoms with van der Waals surface area (Å²) in [5.41, 5.74) is 3.97. The molecule has 1 saturated heterocycles. The molecule has 3 rings (SSSR count). The molecule has 0 saturated carbocycles. The van der Waals surface area contributed by atoms with Crippen molar-refractivity contribution in [1.82, 2.24) is 15.1 Å². The number of carbonyl (C=O) groups is 1. The van der Waals surface area contributed by atoms with Crippen LogP contribution in [0.5, 0.6) is 0 Å². The maximum Gasteiger partial charge on any atom is 0.243 e. The summed E-state index contributed by atoms with van der Waals surface area (Å²) >= 11 is 0. The maximum absolute atomic E-state index is 12.0. The summed E-state index contributed by atoms with van der Waals surface area (Å²) < 4.78 is 5.41. The van der Waals surface area contributed by atoms with E-state index < -0.39 is 0 Å². The van der Waals surface area contributed by atoms with Crippen molar-refractivity contribution in [1.29, 1.82) is 0 Å². The number of amides is 1. The molecule has 0 aliphatic carbocycles. The van der Waals surface area contributed by atoms with Crippen LogP contribution in [-0.2, 0) is 11.2 Å². The third-order valence-electron chi connectivity index (χ3n) is 5.59. The predicted molar refractivity (Wildman–Crippen MR) is 121 cm³/mol. The molecule has 0 radical (unpaired) electrons. The van der Waals surface area contributed by atoms with E-state index in [0.29, 0.717) is 6.54 Å². The van der Waals surface area contributed by atoms with Crippen molar-refractivity contribution in [2.24, 2.45) is 4.99 Å². The molecule has 1 N–H and O–H groups in total. The Morgan fingerprint density at radius 1 is 1.13 bits per heavy atom. The van der Waals surface area contributed by atoms with Gasteiger partial charge in [0.25, 0.3) is 0 Å². The Hall–Kier alpha value is -2.96. The summed E-state index contributed by atoms with van der Waals surface area (Å²) in [5.74, 6) is 1.72. The molecule has 0 unspecified atom stereocenters. The van der Waals surface area contributed by atoms with Gasteiger partial charge in [0.15, 0.2) is 5.96 Å². The minimum absolute atomic E-state index is 0.00523. The molecule has 1 aromatic heterocycles. The van der Waals surface area contributed by atoms with Gasteiger partial charge in [-0.25, -0.2) is 4.99 Å². The molecular formula is C23H33N5O2. The Balaban J connectivity index is 1.63. The van der Waals surface area contributed by atoms with Crippen LogP contribution >= 0.6 is 0 Å². The van der Waals surface area contributed by atoms with Gasteiger partial charge >= 0.3 is 0 Å².